The molecular weight excluding hydrogens is 236 g/mol. The van der Waals surface area contributed by atoms with Gasteiger partial charge in [0.05, 0.1) is 0 Å². The van der Waals surface area contributed by atoms with Crippen molar-refractivity contribution in [3.63, 3.8) is 0 Å². The smallest absolute Gasteiger partial charge is 0.219 e. The van der Waals surface area contributed by atoms with Gasteiger partial charge in [-0.05, 0) is 43.7 Å². The van der Waals surface area contributed by atoms with Crippen LogP contribution in [0.4, 0.5) is 0 Å². The highest BCUT2D eigenvalue weighted by Crippen LogP contribution is 2.22. The summed E-state index contributed by atoms with van der Waals surface area (Å²) < 4.78 is 5.80. The van der Waals surface area contributed by atoms with Gasteiger partial charge in [0, 0.05) is 18.3 Å². The Morgan fingerprint density at radius 2 is 2.05 bits per heavy atom. The largest absolute Gasteiger partial charge is 0.439 e. The molecule has 0 spiro atoms. The first-order chi connectivity index (χ1) is 9.22. The minimum absolute atomic E-state index is 0.644. The van der Waals surface area contributed by atoms with Gasteiger partial charge in [-0.2, -0.15) is 0 Å². The van der Waals surface area contributed by atoms with Crippen molar-refractivity contribution >= 4 is 0 Å². The lowest BCUT2D eigenvalue weighted by molar-refractivity contribution is 0.460. The predicted molar refractivity (Wildman–Crippen MR) is 77.6 cm³/mol. The first-order valence-corrected chi connectivity index (χ1v) is 6.61. The third kappa shape index (κ3) is 3.55. The van der Waals surface area contributed by atoms with E-state index < -0.39 is 0 Å². The lowest BCUT2D eigenvalue weighted by atomic mass is 10.2. The highest BCUT2D eigenvalue weighted by Gasteiger charge is 2.03. The zero-order valence-corrected chi connectivity index (χ0v) is 11.7. The van der Waals surface area contributed by atoms with Crippen LogP contribution in [0.3, 0.4) is 0 Å². The van der Waals surface area contributed by atoms with Crippen molar-refractivity contribution in [2.45, 2.75) is 26.8 Å². The second-order valence-electron chi connectivity index (χ2n) is 4.53. The second-order valence-corrected chi connectivity index (χ2v) is 4.53. The van der Waals surface area contributed by atoms with Crippen LogP contribution >= 0.6 is 0 Å². The minimum Gasteiger partial charge on any atom is -0.439 e. The van der Waals surface area contributed by atoms with E-state index in [1.807, 2.05) is 32.2 Å². The molecular formula is C16H20N2O. The number of pyridine rings is 1. The molecule has 19 heavy (non-hydrogen) atoms. The highest BCUT2D eigenvalue weighted by molar-refractivity contribution is 5.33. The van der Waals surface area contributed by atoms with E-state index in [2.05, 4.69) is 35.4 Å². The van der Waals surface area contributed by atoms with Crippen LogP contribution in [0, 0.1) is 6.92 Å². The number of rotatable bonds is 5. The SMILES string of the molecule is CCc1cccc(Oc2ccc(CNC)c(C)n2)c1. The van der Waals surface area contributed by atoms with Gasteiger partial charge in [0.2, 0.25) is 5.88 Å². The average Bonchev–Trinajstić information content (AvgIpc) is 2.42. The summed E-state index contributed by atoms with van der Waals surface area (Å²) >= 11 is 0. The summed E-state index contributed by atoms with van der Waals surface area (Å²) in [5.74, 6) is 1.48. The quantitative estimate of drug-likeness (QED) is 0.889. The number of hydrogen-bond acceptors (Lipinski definition) is 3. The van der Waals surface area contributed by atoms with Crippen LogP contribution in [0.25, 0.3) is 0 Å². The second kappa shape index (κ2) is 6.34. The zero-order valence-electron chi connectivity index (χ0n) is 11.7. The van der Waals surface area contributed by atoms with Crippen molar-refractivity contribution < 1.29 is 4.74 Å². The molecule has 0 fully saturated rings. The monoisotopic (exact) mass is 256 g/mol. The number of aromatic nitrogens is 1. The van der Waals surface area contributed by atoms with Gasteiger partial charge in [-0.3, -0.25) is 0 Å². The number of nitrogens with one attached hydrogen (secondary N) is 1. The van der Waals surface area contributed by atoms with Crippen molar-refractivity contribution in [2.24, 2.45) is 0 Å². The molecule has 0 atom stereocenters. The lowest BCUT2D eigenvalue weighted by Crippen LogP contribution is -2.07. The maximum Gasteiger partial charge on any atom is 0.219 e. The van der Waals surface area contributed by atoms with Gasteiger partial charge in [-0.25, -0.2) is 4.98 Å². The number of nitrogens with zero attached hydrogens (tertiary/aromatic N) is 1. The summed E-state index contributed by atoms with van der Waals surface area (Å²) in [7, 11) is 1.93. The molecule has 1 aromatic carbocycles. The molecule has 0 aliphatic heterocycles. The van der Waals surface area contributed by atoms with E-state index in [4.69, 9.17) is 4.74 Å². The van der Waals surface area contributed by atoms with Gasteiger partial charge in [-0.1, -0.05) is 25.1 Å². The fourth-order valence-corrected chi connectivity index (χ4v) is 1.95. The number of hydrogen-bond donors (Lipinski definition) is 1. The van der Waals surface area contributed by atoms with E-state index in [-0.39, 0.29) is 0 Å². The summed E-state index contributed by atoms with van der Waals surface area (Å²) in [6.45, 7) is 4.96. The third-order valence-electron chi connectivity index (χ3n) is 3.07. The summed E-state index contributed by atoms with van der Waals surface area (Å²) in [5.41, 5.74) is 3.46. The van der Waals surface area contributed by atoms with Gasteiger partial charge < -0.3 is 10.1 Å². The van der Waals surface area contributed by atoms with Gasteiger partial charge in [0.1, 0.15) is 5.75 Å². The van der Waals surface area contributed by atoms with Gasteiger partial charge >= 0.3 is 0 Å². The molecule has 3 nitrogen and oxygen atoms in total. The van der Waals surface area contributed by atoms with Crippen LogP contribution in [-0.2, 0) is 13.0 Å². The molecule has 0 radical (unpaired) electrons. The Labute approximate surface area is 114 Å². The van der Waals surface area contributed by atoms with Gasteiger partial charge in [0.25, 0.3) is 0 Å². The van der Waals surface area contributed by atoms with E-state index in [9.17, 15) is 0 Å². The third-order valence-corrected chi connectivity index (χ3v) is 3.07. The molecule has 0 amide bonds. The van der Waals surface area contributed by atoms with E-state index in [1.54, 1.807) is 0 Å². The van der Waals surface area contributed by atoms with Crippen LogP contribution in [0.5, 0.6) is 11.6 Å². The summed E-state index contributed by atoms with van der Waals surface area (Å²) in [4.78, 5) is 4.48. The normalized spacial score (nSPS) is 10.5. The molecule has 0 aliphatic carbocycles. The first-order valence-electron chi connectivity index (χ1n) is 6.61. The Hall–Kier alpha value is -1.87. The van der Waals surface area contributed by atoms with Gasteiger partial charge in [0.15, 0.2) is 0 Å². The maximum absolute atomic E-state index is 5.80. The van der Waals surface area contributed by atoms with Crippen LogP contribution in [-0.4, -0.2) is 12.0 Å². The van der Waals surface area contributed by atoms with E-state index >= 15 is 0 Å². The van der Waals surface area contributed by atoms with Crippen molar-refractivity contribution in [3.8, 4) is 11.6 Å². The Kier molecular flexibility index (Phi) is 4.53. The van der Waals surface area contributed by atoms with Crippen molar-refractivity contribution in [1.29, 1.82) is 0 Å². The highest BCUT2D eigenvalue weighted by atomic mass is 16.5. The Morgan fingerprint density at radius 1 is 1.21 bits per heavy atom. The molecule has 3 heteroatoms. The molecule has 2 aromatic rings. The predicted octanol–water partition coefficient (Wildman–Crippen LogP) is 3.46. The molecule has 0 aliphatic rings. The van der Waals surface area contributed by atoms with Crippen molar-refractivity contribution in [3.05, 3.63) is 53.2 Å². The molecule has 0 saturated carbocycles. The van der Waals surface area contributed by atoms with E-state index in [0.717, 1.165) is 24.4 Å². The molecule has 0 unspecified atom stereocenters. The standard InChI is InChI=1S/C16H20N2O/c1-4-13-6-5-7-15(10-13)19-16-9-8-14(11-17-3)12(2)18-16/h5-10,17H,4,11H2,1-3H3. The van der Waals surface area contributed by atoms with Gasteiger partial charge in [-0.15, -0.1) is 0 Å². The molecule has 1 heterocycles. The Bertz CT molecular complexity index is 552. The fourth-order valence-electron chi connectivity index (χ4n) is 1.95. The van der Waals surface area contributed by atoms with Crippen LogP contribution < -0.4 is 10.1 Å². The topological polar surface area (TPSA) is 34.1 Å². The summed E-state index contributed by atoms with van der Waals surface area (Å²) in [5, 5.41) is 3.13. The average molecular weight is 256 g/mol. The van der Waals surface area contributed by atoms with E-state index in [1.165, 1.54) is 11.1 Å². The number of ether oxygens (including phenoxy) is 1. The van der Waals surface area contributed by atoms with Crippen molar-refractivity contribution in [1.82, 2.24) is 10.3 Å². The maximum atomic E-state index is 5.80. The lowest BCUT2D eigenvalue weighted by Gasteiger charge is -2.09. The fraction of sp³-hybridized carbons (Fsp3) is 0.312. The molecule has 0 bridgehead atoms. The Morgan fingerprint density at radius 3 is 2.74 bits per heavy atom. The zero-order chi connectivity index (χ0) is 13.7. The van der Waals surface area contributed by atoms with E-state index in [0.29, 0.717) is 5.88 Å². The number of benzene rings is 1. The minimum atomic E-state index is 0.644. The van der Waals surface area contributed by atoms with Crippen molar-refractivity contribution in [2.75, 3.05) is 7.05 Å². The molecule has 1 aromatic heterocycles. The van der Waals surface area contributed by atoms with Crippen LogP contribution in [0.1, 0.15) is 23.7 Å². The number of aryl methyl sites for hydroxylation is 2. The molecule has 0 saturated heterocycles. The van der Waals surface area contributed by atoms with Crippen LogP contribution in [0.2, 0.25) is 0 Å². The first kappa shape index (κ1) is 13.6. The molecule has 2 rings (SSSR count). The Balaban J connectivity index is 2.16. The van der Waals surface area contributed by atoms with Crippen LogP contribution in [0.15, 0.2) is 36.4 Å². The molecule has 1 N–H and O–H groups in total. The summed E-state index contributed by atoms with van der Waals surface area (Å²) in [6.07, 6.45) is 1.00. The summed E-state index contributed by atoms with van der Waals surface area (Å²) in [6, 6.07) is 12.1. The molecule has 100 valence electrons.